The van der Waals surface area contributed by atoms with Gasteiger partial charge in [-0.3, -0.25) is 9.59 Å². The highest BCUT2D eigenvalue weighted by molar-refractivity contribution is 6.30. The Kier molecular flexibility index (Phi) is 3.39. The first-order chi connectivity index (χ1) is 12.5. The number of anilines is 1. The summed E-state index contributed by atoms with van der Waals surface area (Å²) in [6.45, 7) is 0. The fraction of sp³-hybridized carbons (Fsp3) is 0.0556. The molecule has 1 atom stereocenters. The zero-order chi connectivity index (χ0) is 18.6. The van der Waals surface area contributed by atoms with Crippen molar-refractivity contribution in [2.24, 2.45) is 5.73 Å². The lowest BCUT2D eigenvalue weighted by atomic mass is 10.0. The van der Waals surface area contributed by atoms with Gasteiger partial charge in [0.15, 0.2) is 0 Å². The third-order valence-corrected chi connectivity index (χ3v) is 4.74. The minimum Gasteiger partial charge on any atom is -0.398 e. The number of aromatic nitrogens is 2. The molecule has 2 heterocycles. The SMILES string of the molecule is N#CC1=C(N)n2c(=O)c3c(N)cccc3c(=O)n2C1c1ccc(Cl)cc1. The summed E-state index contributed by atoms with van der Waals surface area (Å²) >= 11 is 5.93. The van der Waals surface area contributed by atoms with Gasteiger partial charge in [-0.25, -0.2) is 4.68 Å². The number of nitriles is 1. The normalized spacial score (nSPS) is 15.9. The first kappa shape index (κ1) is 16.0. The van der Waals surface area contributed by atoms with E-state index in [-0.39, 0.29) is 27.9 Å². The lowest BCUT2D eigenvalue weighted by molar-refractivity contribution is 0.539. The van der Waals surface area contributed by atoms with Crippen molar-refractivity contribution >= 4 is 33.9 Å². The fourth-order valence-corrected chi connectivity index (χ4v) is 3.44. The smallest absolute Gasteiger partial charge is 0.281 e. The number of rotatable bonds is 1. The summed E-state index contributed by atoms with van der Waals surface area (Å²) in [5, 5.41) is 10.4. The molecule has 0 amide bonds. The zero-order valence-corrected chi connectivity index (χ0v) is 14.1. The third-order valence-electron chi connectivity index (χ3n) is 4.49. The summed E-state index contributed by atoms with van der Waals surface area (Å²) in [5.41, 5.74) is 11.9. The molecule has 2 aromatic carbocycles. The molecule has 7 nitrogen and oxygen atoms in total. The van der Waals surface area contributed by atoms with Gasteiger partial charge in [0.1, 0.15) is 23.5 Å². The molecule has 1 aliphatic heterocycles. The molecule has 26 heavy (non-hydrogen) atoms. The number of hydrogen-bond donors (Lipinski definition) is 2. The van der Waals surface area contributed by atoms with Gasteiger partial charge >= 0.3 is 0 Å². The topological polar surface area (TPSA) is 120 Å². The maximum atomic E-state index is 13.1. The first-order valence-corrected chi connectivity index (χ1v) is 8.05. The van der Waals surface area contributed by atoms with Crippen LogP contribution in [0.3, 0.4) is 0 Å². The van der Waals surface area contributed by atoms with Gasteiger partial charge in [0.2, 0.25) is 0 Å². The number of nitrogens with two attached hydrogens (primary N) is 2. The number of nitrogens with zero attached hydrogens (tertiary/aromatic N) is 3. The maximum absolute atomic E-state index is 13.1. The molecule has 4 rings (SSSR count). The number of fused-ring (bicyclic) bond motifs is 2. The predicted octanol–water partition coefficient (Wildman–Crippen LogP) is 1.65. The predicted molar refractivity (Wildman–Crippen MR) is 99.5 cm³/mol. The highest BCUT2D eigenvalue weighted by atomic mass is 35.5. The Morgan fingerprint density at radius 3 is 2.38 bits per heavy atom. The standard InChI is InChI=1S/C18H12ClN5O2/c19-10-6-4-9(5-7-10)15-12(8-20)16(22)24-18(26)14-11(17(25)23(15)24)2-1-3-13(14)21/h1-7,15H,21-22H2. The summed E-state index contributed by atoms with van der Waals surface area (Å²) in [6, 6.07) is 12.5. The summed E-state index contributed by atoms with van der Waals surface area (Å²) in [7, 11) is 0. The van der Waals surface area contributed by atoms with E-state index in [0.717, 1.165) is 4.68 Å². The van der Waals surface area contributed by atoms with E-state index in [1.54, 1.807) is 30.3 Å². The Morgan fingerprint density at radius 1 is 1.04 bits per heavy atom. The van der Waals surface area contributed by atoms with Gasteiger partial charge < -0.3 is 11.5 Å². The van der Waals surface area contributed by atoms with Gasteiger partial charge in [0.25, 0.3) is 11.1 Å². The van der Waals surface area contributed by atoms with E-state index in [2.05, 4.69) is 0 Å². The van der Waals surface area contributed by atoms with Crippen LogP contribution < -0.4 is 22.6 Å². The van der Waals surface area contributed by atoms with Crippen LogP contribution in [0, 0.1) is 11.3 Å². The molecule has 3 aromatic rings. The third kappa shape index (κ3) is 2.00. The molecule has 1 aromatic heterocycles. The van der Waals surface area contributed by atoms with E-state index in [4.69, 9.17) is 23.1 Å². The molecule has 0 spiro atoms. The molecule has 0 fully saturated rings. The largest absolute Gasteiger partial charge is 0.398 e. The van der Waals surface area contributed by atoms with Gasteiger partial charge in [-0.05, 0) is 29.8 Å². The fourth-order valence-electron chi connectivity index (χ4n) is 3.31. The highest BCUT2D eigenvalue weighted by Gasteiger charge is 2.34. The van der Waals surface area contributed by atoms with Crippen molar-refractivity contribution in [3.63, 3.8) is 0 Å². The average Bonchev–Trinajstić information content (AvgIpc) is 2.93. The lowest BCUT2D eigenvalue weighted by Crippen LogP contribution is -2.38. The second-order valence-corrected chi connectivity index (χ2v) is 6.34. The molecule has 0 radical (unpaired) electrons. The van der Waals surface area contributed by atoms with E-state index in [1.165, 1.54) is 16.8 Å². The summed E-state index contributed by atoms with van der Waals surface area (Å²) < 4.78 is 2.22. The molecule has 1 unspecified atom stereocenters. The van der Waals surface area contributed by atoms with Gasteiger partial charge in [-0.2, -0.15) is 9.94 Å². The van der Waals surface area contributed by atoms with Crippen LogP contribution in [0.4, 0.5) is 5.69 Å². The lowest BCUT2D eigenvalue weighted by Gasteiger charge is -2.17. The van der Waals surface area contributed by atoms with Crippen LogP contribution >= 0.6 is 11.6 Å². The minimum absolute atomic E-state index is 0.0836. The van der Waals surface area contributed by atoms with Crippen molar-refractivity contribution in [3.8, 4) is 6.07 Å². The molecule has 4 N–H and O–H groups in total. The van der Waals surface area contributed by atoms with Crippen molar-refractivity contribution in [3.05, 3.63) is 79.3 Å². The number of nitrogen functional groups attached to an aromatic ring is 1. The van der Waals surface area contributed by atoms with Gasteiger partial charge in [0.05, 0.1) is 10.8 Å². The van der Waals surface area contributed by atoms with Gasteiger partial charge in [-0.1, -0.05) is 29.8 Å². The summed E-state index contributed by atoms with van der Waals surface area (Å²) in [4.78, 5) is 26.1. The molecule has 0 aliphatic carbocycles. The first-order valence-electron chi connectivity index (χ1n) is 7.67. The molecular formula is C18H12ClN5O2. The molecular weight excluding hydrogens is 354 g/mol. The van der Waals surface area contributed by atoms with E-state index in [0.29, 0.717) is 10.6 Å². The Bertz CT molecular complexity index is 1260. The van der Waals surface area contributed by atoms with E-state index in [9.17, 15) is 14.9 Å². The van der Waals surface area contributed by atoms with Crippen LogP contribution in [-0.2, 0) is 0 Å². The van der Waals surface area contributed by atoms with Crippen molar-refractivity contribution in [2.45, 2.75) is 6.04 Å². The maximum Gasteiger partial charge on any atom is 0.281 e. The van der Waals surface area contributed by atoms with E-state index >= 15 is 0 Å². The van der Waals surface area contributed by atoms with Crippen LogP contribution in [0.15, 0.2) is 57.6 Å². The monoisotopic (exact) mass is 365 g/mol. The summed E-state index contributed by atoms with van der Waals surface area (Å²) in [6.07, 6.45) is 0. The van der Waals surface area contributed by atoms with Crippen LogP contribution in [0.1, 0.15) is 11.6 Å². The Morgan fingerprint density at radius 2 is 1.73 bits per heavy atom. The second kappa shape index (κ2) is 5.51. The van der Waals surface area contributed by atoms with Crippen molar-refractivity contribution in [1.29, 1.82) is 5.26 Å². The molecule has 1 aliphatic rings. The molecule has 0 saturated heterocycles. The number of hydrogen-bond acceptors (Lipinski definition) is 5. The van der Waals surface area contributed by atoms with Gasteiger partial charge in [-0.15, -0.1) is 0 Å². The number of halogens is 1. The van der Waals surface area contributed by atoms with Crippen LogP contribution in [0.5, 0.6) is 0 Å². The van der Waals surface area contributed by atoms with Crippen molar-refractivity contribution in [2.75, 3.05) is 5.73 Å². The quantitative estimate of drug-likeness (QED) is 0.635. The van der Waals surface area contributed by atoms with E-state index in [1.807, 2.05) is 6.07 Å². The zero-order valence-electron chi connectivity index (χ0n) is 13.3. The molecule has 0 saturated carbocycles. The average molecular weight is 366 g/mol. The molecule has 128 valence electrons. The van der Waals surface area contributed by atoms with Gasteiger partial charge in [0, 0.05) is 10.7 Å². The Labute approximate surface area is 151 Å². The second-order valence-electron chi connectivity index (χ2n) is 5.90. The van der Waals surface area contributed by atoms with Crippen LogP contribution in [-0.4, -0.2) is 9.36 Å². The number of benzene rings is 2. The van der Waals surface area contributed by atoms with Crippen molar-refractivity contribution in [1.82, 2.24) is 9.36 Å². The van der Waals surface area contributed by atoms with Crippen LogP contribution in [0.25, 0.3) is 16.6 Å². The number of allylic oxidation sites excluding steroid dienone is 1. The Hall–Kier alpha value is -3.50. The molecule has 0 bridgehead atoms. The summed E-state index contributed by atoms with van der Waals surface area (Å²) in [5.74, 6) is -0.0836. The highest BCUT2D eigenvalue weighted by Crippen LogP contribution is 2.33. The Balaban J connectivity index is 2.17. The van der Waals surface area contributed by atoms with E-state index < -0.39 is 17.2 Å². The van der Waals surface area contributed by atoms with Crippen LogP contribution in [0.2, 0.25) is 5.02 Å². The minimum atomic E-state index is -0.816. The van der Waals surface area contributed by atoms with Crippen molar-refractivity contribution < 1.29 is 0 Å². The molecule has 8 heteroatoms.